The fraction of sp³-hybridized carbons (Fsp3) is 0.304. The van der Waals surface area contributed by atoms with Gasteiger partial charge in [-0.15, -0.1) is 0 Å². The first-order valence-corrected chi connectivity index (χ1v) is 10.9. The average Bonchev–Trinajstić information content (AvgIpc) is 3.32. The summed E-state index contributed by atoms with van der Waals surface area (Å²) >= 11 is 3.66. The van der Waals surface area contributed by atoms with E-state index in [0.29, 0.717) is 11.9 Å². The molecule has 0 atom stereocenters. The van der Waals surface area contributed by atoms with Gasteiger partial charge < -0.3 is 15.6 Å². The number of nitrogens with one attached hydrogen (secondary N) is 1. The molecule has 1 aromatic heterocycles. The molecule has 3 aromatic rings. The van der Waals surface area contributed by atoms with Gasteiger partial charge in [-0.25, -0.2) is 4.98 Å². The summed E-state index contributed by atoms with van der Waals surface area (Å²) in [6.45, 7) is 0.120. The second-order valence-corrected chi connectivity index (χ2v) is 8.45. The molecule has 0 aliphatic heterocycles. The molecular weight excluding hydrogens is 428 g/mol. The number of anilines is 2. The van der Waals surface area contributed by atoms with E-state index in [2.05, 4.69) is 21.2 Å². The molecule has 1 heterocycles. The third kappa shape index (κ3) is 4.53. The molecule has 4 rings (SSSR count). The minimum absolute atomic E-state index is 0.120. The second kappa shape index (κ2) is 8.82. The van der Waals surface area contributed by atoms with Crippen LogP contribution in [0, 0.1) is 5.92 Å². The number of carbonyl (C=O) groups is 1. The third-order valence-electron chi connectivity index (χ3n) is 5.51. The Labute approximate surface area is 179 Å². The van der Waals surface area contributed by atoms with E-state index in [-0.39, 0.29) is 12.5 Å². The van der Waals surface area contributed by atoms with Crippen LogP contribution in [0.25, 0.3) is 11.3 Å². The van der Waals surface area contributed by atoms with Crippen LogP contribution in [0.2, 0.25) is 0 Å². The zero-order valence-corrected chi connectivity index (χ0v) is 17.9. The first-order valence-electron chi connectivity index (χ1n) is 10.1. The van der Waals surface area contributed by atoms with Crippen molar-refractivity contribution in [2.45, 2.75) is 38.6 Å². The molecule has 0 spiro atoms. The van der Waals surface area contributed by atoms with Crippen LogP contribution in [0.5, 0.6) is 0 Å². The van der Waals surface area contributed by atoms with Gasteiger partial charge in [0.05, 0.1) is 11.4 Å². The summed E-state index contributed by atoms with van der Waals surface area (Å²) in [5.41, 5.74) is 10.00. The van der Waals surface area contributed by atoms with Crippen LogP contribution in [0.1, 0.15) is 31.4 Å². The maximum atomic E-state index is 12.7. The normalized spacial score (nSPS) is 14.2. The van der Waals surface area contributed by atoms with Crippen molar-refractivity contribution < 1.29 is 4.79 Å². The highest BCUT2D eigenvalue weighted by molar-refractivity contribution is 9.10. The third-order valence-corrected chi connectivity index (χ3v) is 6.21. The van der Waals surface area contributed by atoms with Gasteiger partial charge in [-0.1, -0.05) is 78.0 Å². The Morgan fingerprint density at radius 2 is 1.79 bits per heavy atom. The van der Waals surface area contributed by atoms with Crippen molar-refractivity contribution in [1.82, 2.24) is 9.55 Å². The number of nitrogens with two attached hydrogens (primary N) is 1. The molecule has 150 valence electrons. The second-order valence-electron chi connectivity index (χ2n) is 7.60. The number of hydrogen-bond donors (Lipinski definition) is 2. The van der Waals surface area contributed by atoms with Gasteiger partial charge in [0.2, 0.25) is 11.9 Å². The Morgan fingerprint density at radius 1 is 1.10 bits per heavy atom. The van der Waals surface area contributed by atoms with Crippen molar-refractivity contribution in [3.05, 3.63) is 64.8 Å². The number of aromatic nitrogens is 2. The van der Waals surface area contributed by atoms with Gasteiger partial charge in [-0.3, -0.25) is 4.79 Å². The lowest BCUT2D eigenvalue weighted by atomic mass is 9.98. The Kier molecular flexibility index (Phi) is 6.00. The minimum atomic E-state index is -0.124. The summed E-state index contributed by atoms with van der Waals surface area (Å²) in [4.78, 5) is 17.4. The number of amides is 1. The number of imidazole rings is 1. The van der Waals surface area contributed by atoms with Crippen molar-refractivity contribution >= 4 is 33.5 Å². The number of nitrogen functional groups attached to an aromatic ring is 1. The molecular formula is C23H25BrN4O. The zero-order valence-electron chi connectivity index (χ0n) is 16.3. The predicted octanol–water partition coefficient (Wildman–Crippen LogP) is 5.27. The highest BCUT2D eigenvalue weighted by Gasteiger charge is 2.24. The number of carbonyl (C=O) groups excluding carboxylic acids is 1. The summed E-state index contributed by atoms with van der Waals surface area (Å²) in [6, 6.07) is 17.5. The van der Waals surface area contributed by atoms with Crippen LogP contribution >= 0.6 is 15.9 Å². The number of rotatable bonds is 6. The van der Waals surface area contributed by atoms with Gasteiger partial charge in [0.15, 0.2) is 0 Å². The average molecular weight is 453 g/mol. The topological polar surface area (TPSA) is 72.9 Å². The summed E-state index contributed by atoms with van der Waals surface area (Å²) in [6.07, 6.45) is 5.93. The number of para-hydroxylation sites is 1. The summed E-state index contributed by atoms with van der Waals surface area (Å²) < 4.78 is 2.81. The van der Waals surface area contributed by atoms with Gasteiger partial charge in [-0.2, -0.15) is 0 Å². The predicted molar refractivity (Wildman–Crippen MR) is 121 cm³/mol. The van der Waals surface area contributed by atoms with E-state index in [1.165, 1.54) is 25.7 Å². The Bertz CT molecular complexity index is 993. The number of nitrogens with zero attached hydrogens (tertiary/aromatic N) is 2. The number of halogens is 1. The highest BCUT2D eigenvalue weighted by Crippen LogP contribution is 2.36. The molecule has 2 aromatic carbocycles. The lowest BCUT2D eigenvalue weighted by Crippen LogP contribution is -2.20. The van der Waals surface area contributed by atoms with E-state index in [4.69, 9.17) is 10.7 Å². The van der Waals surface area contributed by atoms with Gasteiger partial charge in [0.1, 0.15) is 6.54 Å². The lowest BCUT2D eigenvalue weighted by Gasteiger charge is -2.14. The van der Waals surface area contributed by atoms with Crippen LogP contribution in [0.15, 0.2) is 59.1 Å². The highest BCUT2D eigenvalue weighted by atomic mass is 79.9. The largest absolute Gasteiger partial charge is 0.369 e. The van der Waals surface area contributed by atoms with Gasteiger partial charge in [-0.05, 0) is 30.5 Å². The maximum absolute atomic E-state index is 12.7. The summed E-state index contributed by atoms with van der Waals surface area (Å²) in [5, 5.41) is 2.94. The fourth-order valence-electron chi connectivity index (χ4n) is 4.13. The van der Waals surface area contributed by atoms with Crippen molar-refractivity contribution in [3.63, 3.8) is 0 Å². The van der Waals surface area contributed by atoms with Crippen LogP contribution < -0.4 is 11.1 Å². The monoisotopic (exact) mass is 452 g/mol. The van der Waals surface area contributed by atoms with E-state index < -0.39 is 0 Å². The smallest absolute Gasteiger partial charge is 0.244 e. The number of hydrogen-bond acceptors (Lipinski definition) is 3. The van der Waals surface area contributed by atoms with Crippen molar-refractivity contribution in [2.75, 3.05) is 11.1 Å². The Morgan fingerprint density at radius 3 is 2.52 bits per heavy atom. The molecule has 1 saturated carbocycles. The van der Waals surface area contributed by atoms with Gasteiger partial charge in [0, 0.05) is 15.7 Å². The molecule has 0 saturated heterocycles. The SMILES string of the molecule is Nc1nc(CC2CCCC2)c(-c2ccccc2Br)n1CC(=O)Nc1ccccc1. The van der Waals surface area contributed by atoms with Gasteiger partial charge >= 0.3 is 0 Å². The van der Waals surface area contributed by atoms with Crippen LogP contribution in [0.3, 0.4) is 0 Å². The molecule has 0 radical (unpaired) electrons. The fourth-order valence-corrected chi connectivity index (χ4v) is 4.60. The molecule has 6 heteroatoms. The van der Waals surface area contributed by atoms with Crippen LogP contribution in [0.4, 0.5) is 11.6 Å². The molecule has 0 unspecified atom stereocenters. The van der Waals surface area contributed by atoms with E-state index in [1.807, 2.05) is 59.2 Å². The van der Waals surface area contributed by atoms with E-state index in [0.717, 1.165) is 33.5 Å². The minimum Gasteiger partial charge on any atom is -0.369 e. The first kappa shape index (κ1) is 19.7. The van der Waals surface area contributed by atoms with E-state index >= 15 is 0 Å². The Hall–Kier alpha value is -2.60. The van der Waals surface area contributed by atoms with Crippen molar-refractivity contribution in [1.29, 1.82) is 0 Å². The van der Waals surface area contributed by atoms with Crippen LogP contribution in [-0.2, 0) is 17.8 Å². The van der Waals surface area contributed by atoms with Crippen LogP contribution in [-0.4, -0.2) is 15.5 Å². The summed E-state index contributed by atoms with van der Waals surface area (Å²) in [5.74, 6) is 0.894. The standard InChI is InChI=1S/C23H25BrN4O/c24-19-13-7-6-12-18(19)22-20(14-16-8-4-5-9-16)27-23(25)28(22)15-21(29)26-17-10-2-1-3-11-17/h1-3,6-7,10-13,16H,4-5,8-9,14-15H2,(H2,25,27)(H,26,29). The van der Waals surface area contributed by atoms with E-state index in [1.54, 1.807) is 0 Å². The lowest BCUT2D eigenvalue weighted by molar-refractivity contribution is -0.116. The molecule has 3 N–H and O–H groups in total. The quantitative estimate of drug-likeness (QED) is 0.534. The van der Waals surface area contributed by atoms with E-state index in [9.17, 15) is 4.79 Å². The maximum Gasteiger partial charge on any atom is 0.244 e. The molecule has 1 aliphatic carbocycles. The number of benzene rings is 2. The summed E-state index contributed by atoms with van der Waals surface area (Å²) in [7, 11) is 0. The van der Waals surface area contributed by atoms with Crippen molar-refractivity contribution in [3.8, 4) is 11.3 Å². The Balaban J connectivity index is 1.67. The van der Waals surface area contributed by atoms with Crippen molar-refractivity contribution in [2.24, 2.45) is 5.92 Å². The molecule has 5 nitrogen and oxygen atoms in total. The molecule has 1 aliphatic rings. The molecule has 29 heavy (non-hydrogen) atoms. The molecule has 1 amide bonds. The van der Waals surface area contributed by atoms with Gasteiger partial charge in [0.25, 0.3) is 0 Å². The zero-order chi connectivity index (χ0) is 20.2. The molecule has 0 bridgehead atoms. The molecule has 1 fully saturated rings. The first-order chi connectivity index (χ1) is 14.1.